The van der Waals surface area contributed by atoms with E-state index in [0.717, 1.165) is 5.75 Å². The predicted octanol–water partition coefficient (Wildman–Crippen LogP) is 1.63. The summed E-state index contributed by atoms with van der Waals surface area (Å²) in [5.41, 5.74) is 0. The second-order valence-corrected chi connectivity index (χ2v) is 7.76. The van der Waals surface area contributed by atoms with Gasteiger partial charge in [-0.25, -0.2) is 0 Å². The van der Waals surface area contributed by atoms with E-state index < -0.39 is 0 Å². The highest BCUT2D eigenvalue weighted by Gasteiger charge is 2.26. The lowest BCUT2D eigenvalue weighted by atomic mass is 10.4. The number of carbonyl (C=O) groups is 2. The number of rotatable bonds is 9. The van der Waals surface area contributed by atoms with Crippen molar-refractivity contribution in [2.75, 3.05) is 42.8 Å². The maximum absolute atomic E-state index is 11.7. The minimum absolute atomic E-state index is 0.203. The number of hydrogen-bond donors (Lipinski definition) is 0. The van der Waals surface area contributed by atoms with Gasteiger partial charge in [0.2, 0.25) is 5.12 Å². The summed E-state index contributed by atoms with van der Waals surface area (Å²) in [6.45, 7) is 3.00. The monoisotopic (exact) mass is 307 g/mol. The van der Waals surface area contributed by atoms with Gasteiger partial charge in [-0.15, -0.1) is 0 Å². The summed E-state index contributed by atoms with van der Waals surface area (Å²) in [6.07, 6.45) is 2.98. The van der Waals surface area contributed by atoms with Crippen molar-refractivity contribution in [3.05, 3.63) is 0 Å². The van der Waals surface area contributed by atoms with Crippen LogP contribution in [0.15, 0.2) is 0 Å². The summed E-state index contributed by atoms with van der Waals surface area (Å²) in [5, 5.41) is 0.297. The third-order valence-electron chi connectivity index (χ3n) is 2.71. The molecule has 0 atom stereocenters. The van der Waals surface area contributed by atoms with E-state index in [1.165, 1.54) is 36.1 Å². The van der Waals surface area contributed by atoms with Crippen LogP contribution < -0.4 is 0 Å². The highest BCUT2D eigenvalue weighted by Crippen LogP contribution is 2.16. The van der Waals surface area contributed by atoms with Crippen molar-refractivity contribution in [2.24, 2.45) is 0 Å². The summed E-state index contributed by atoms with van der Waals surface area (Å²) in [5.74, 6) is 3.72. The first kappa shape index (κ1) is 16.9. The average Bonchev–Trinajstić information content (AvgIpc) is 2.90. The van der Waals surface area contributed by atoms with Gasteiger partial charge < -0.3 is 9.47 Å². The van der Waals surface area contributed by atoms with Crippen LogP contribution in [0.2, 0.25) is 0 Å². The zero-order valence-corrected chi connectivity index (χ0v) is 13.2. The molecular weight excluding hydrogens is 284 g/mol. The third-order valence-corrected chi connectivity index (χ3v) is 6.13. The summed E-state index contributed by atoms with van der Waals surface area (Å²) < 4.78 is 10.2. The van der Waals surface area contributed by atoms with E-state index in [9.17, 15) is 9.59 Å². The van der Waals surface area contributed by atoms with Gasteiger partial charge in [-0.05, 0) is 23.7 Å². The van der Waals surface area contributed by atoms with Gasteiger partial charge in [-0.3, -0.25) is 9.59 Å². The Balaban J connectivity index is 1.87. The molecule has 0 bridgehead atoms. The fourth-order valence-electron chi connectivity index (χ4n) is 1.70. The number of hydrogen-bond acceptors (Lipinski definition) is 5. The molecule has 0 saturated carbocycles. The molecule has 0 radical (unpaired) electrons. The summed E-state index contributed by atoms with van der Waals surface area (Å²) in [4.78, 5) is 22.5. The molecule has 4 nitrogen and oxygen atoms in total. The largest absolute Gasteiger partial charge is 0.463 e. The maximum Gasteiger partial charge on any atom is 0.305 e. The van der Waals surface area contributed by atoms with Crippen LogP contribution in [-0.4, -0.2) is 53.9 Å². The van der Waals surface area contributed by atoms with E-state index >= 15 is 0 Å². The number of ether oxygens (including phenoxy) is 2. The van der Waals surface area contributed by atoms with Gasteiger partial charge in [0, 0.05) is 12.2 Å². The Labute approximate surface area is 122 Å². The van der Waals surface area contributed by atoms with E-state index in [2.05, 4.69) is 0 Å². The molecule has 1 fully saturated rings. The molecule has 0 unspecified atom stereocenters. The van der Waals surface area contributed by atoms with Crippen molar-refractivity contribution in [2.45, 2.75) is 26.2 Å². The fourth-order valence-corrected chi connectivity index (χ4v) is 5.01. The van der Waals surface area contributed by atoms with Crippen LogP contribution in [0.5, 0.6) is 0 Å². The molecule has 1 heterocycles. The second-order valence-electron chi connectivity index (χ2n) is 4.28. The van der Waals surface area contributed by atoms with Crippen LogP contribution in [0.3, 0.4) is 0 Å². The summed E-state index contributed by atoms with van der Waals surface area (Å²) in [6, 6.07) is 0. The van der Waals surface area contributed by atoms with Crippen molar-refractivity contribution in [1.82, 2.24) is 0 Å². The van der Waals surface area contributed by atoms with E-state index in [0.29, 0.717) is 48.0 Å². The van der Waals surface area contributed by atoms with Gasteiger partial charge in [-0.1, -0.05) is 18.7 Å². The van der Waals surface area contributed by atoms with Crippen LogP contribution in [0.25, 0.3) is 0 Å². The molecule has 1 aliphatic heterocycles. The van der Waals surface area contributed by atoms with Gasteiger partial charge >= 0.3 is 5.97 Å². The SMILES string of the molecule is CCC(=O)OCCOCCSC(=O)C[S+]1CCCC1. The molecular formula is C13H23O4S2+. The topological polar surface area (TPSA) is 52.6 Å². The Morgan fingerprint density at radius 3 is 2.58 bits per heavy atom. The molecule has 1 rings (SSSR count). The molecule has 0 aromatic heterocycles. The first-order chi connectivity index (χ1) is 9.22. The molecule has 1 saturated heterocycles. The van der Waals surface area contributed by atoms with Crippen LogP contribution in [0, 0.1) is 0 Å². The zero-order chi connectivity index (χ0) is 13.9. The minimum atomic E-state index is -0.203. The molecule has 0 spiro atoms. The molecule has 0 aromatic carbocycles. The number of esters is 1. The van der Waals surface area contributed by atoms with Crippen molar-refractivity contribution >= 4 is 33.7 Å². The first-order valence-corrected chi connectivity index (χ1v) is 9.47. The molecule has 0 N–H and O–H groups in total. The third kappa shape index (κ3) is 8.55. The molecule has 1 aliphatic rings. The number of thioether (sulfide) groups is 1. The Hall–Kier alpha value is -0.200. The molecule has 110 valence electrons. The van der Waals surface area contributed by atoms with E-state index in [-0.39, 0.29) is 5.97 Å². The van der Waals surface area contributed by atoms with E-state index in [1.54, 1.807) is 6.92 Å². The fraction of sp³-hybridized carbons (Fsp3) is 0.846. The Morgan fingerprint density at radius 1 is 1.16 bits per heavy atom. The van der Waals surface area contributed by atoms with Gasteiger partial charge in [0.1, 0.15) is 18.1 Å². The standard InChI is InChI=1S/C13H23O4S2/c1-2-12(14)17-6-5-16-7-8-18-13(15)11-19-9-3-4-10-19/h2-11H2,1H3/q+1. The van der Waals surface area contributed by atoms with Crippen molar-refractivity contribution in [1.29, 1.82) is 0 Å². The second kappa shape index (κ2) is 10.6. The highest BCUT2D eigenvalue weighted by atomic mass is 32.2. The lowest BCUT2D eigenvalue weighted by Crippen LogP contribution is -2.16. The van der Waals surface area contributed by atoms with Crippen LogP contribution >= 0.6 is 11.8 Å². The molecule has 19 heavy (non-hydrogen) atoms. The van der Waals surface area contributed by atoms with Crippen LogP contribution in [0.4, 0.5) is 0 Å². The lowest BCUT2D eigenvalue weighted by Gasteiger charge is -2.05. The molecule has 0 amide bonds. The molecule has 0 aromatic rings. The molecule has 0 aliphatic carbocycles. The quantitative estimate of drug-likeness (QED) is 0.368. The van der Waals surface area contributed by atoms with Crippen LogP contribution in [-0.2, 0) is 30.0 Å². The highest BCUT2D eigenvalue weighted by molar-refractivity contribution is 8.15. The maximum atomic E-state index is 11.7. The normalized spacial score (nSPS) is 15.6. The van der Waals surface area contributed by atoms with Gasteiger partial charge in [0.05, 0.1) is 13.2 Å². The van der Waals surface area contributed by atoms with Gasteiger partial charge in [-0.2, -0.15) is 0 Å². The van der Waals surface area contributed by atoms with E-state index in [4.69, 9.17) is 9.47 Å². The Bertz CT molecular complexity index is 278. The Morgan fingerprint density at radius 2 is 1.89 bits per heavy atom. The average molecular weight is 307 g/mol. The predicted molar refractivity (Wildman–Crippen MR) is 80.7 cm³/mol. The first-order valence-electron chi connectivity index (χ1n) is 6.75. The summed E-state index contributed by atoms with van der Waals surface area (Å²) >= 11 is 1.37. The van der Waals surface area contributed by atoms with Gasteiger partial charge in [0.15, 0.2) is 5.75 Å². The van der Waals surface area contributed by atoms with Crippen molar-refractivity contribution < 1.29 is 19.1 Å². The van der Waals surface area contributed by atoms with Crippen LogP contribution in [0.1, 0.15) is 26.2 Å². The zero-order valence-electron chi connectivity index (χ0n) is 11.5. The minimum Gasteiger partial charge on any atom is -0.463 e. The smallest absolute Gasteiger partial charge is 0.305 e. The van der Waals surface area contributed by atoms with Crippen molar-refractivity contribution in [3.8, 4) is 0 Å². The molecule has 6 heteroatoms. The van der Waals surface area contributed by atoms with E-state index in [1.807, 2.05) is 0 Å². The number of carbonyl (C=O) groups excluding carboxylic acids is 2. The lowest BCUT2D eigenvalue weighted by molar-refractivity contribution is -0.144. The van der Waals surface area contributed by atoms with Gasteiger partial charge in [0.25, 0.3) is 0 Å². The van der Waals surface area contributed by atoms with Crippen molar-refractivity contribution in [3.63, 3.8) is 0 Å². The Kier molecular flexibility index (Phi) is 9.38. The summed E-state index contributed by atoms with van der Waals surface area (Å²) in [7, 11) is 0.357.